The Labute approximate surface area is 112 Å². The number of carboxylic acids is 1. The number of imidazole rings is 1. The number of para-hydroxylation sites is 1. The lowest BCUT2D eigenvalue weighted by atomic mass is 10.1. The third-order valence-electron chi connectivity index (χ3n) is 4.13. The van der Waals surface area contributed by atoms with E-state index in [1.54, 1.807) is 18.5 Å². The average Bonchev–Trinajstić information content (AvgIpc) is 2.97. The van der Waals surface area contributed by atoms with E-state index in [0.29, 0.717) is 11.5 Å². The van der Waals surface area contributed by atoms with Gasteiger partial charge in [-0.3, -0.25) is 0 Å². The summed E-state index contributed by atoms with van der Waals surface area (Å²) in [6.07, 6.45) is 5.52. The van der Waals surface area contributed by atoms with Crippen molar-refractivity contribution in [1.82, 2.24) is 9.55 Å². The largest absolute Gasteiger partial charge is 0.478 e. The van der Waals surface area contributed by atoms with Crippen molar-refractivity contribution in [2.24, 2.45) is 11.8 Å². The van der Waals surface area contributed by atoms with Gasteiger partial charge >= 0.3 is 5.97 Å². The Morgan fingerprint density at radius 1 is 1.47 bits per heavy atom. The second-order valence-electron chi connectivity index (χ2n) is 5.66. The maximum atomic E-state index is 11.3. The standard InChI is InChI=1S/C15H18N2O2/c1-10-5-6-11(7-10)8-17-9-16-13-4-2-3-12(14(13)17)15(18)19/h2-4,9-11H,5-8H2,1H3,(H,18,19). The smallest absolute Gasteiger partial charge is 0.337 e. The zero-order valence-corrected chi connectivity index (χ0v) is 11.0. The van der Waals surface area contributed by atoms with Crippen LogP contribution in [0.5, 0.6) is 0 Å². The lowest BCUT2D eigenvalue weighted by Gasteiger charge is -2.12. The van der Waals surface area contributed by atoms with Crippen molar-refractivity contribution in [3.05, 3.63) is 30.1 Å². The molecule has 0 amide bonds. The molecule has 1 aromatic carbocycles. The number of hydrogen-bond acceptors (Lipinski definition) is 2. The molecule has 4 heteroatoms. The SMILES string of the molecule is CC1CCC(Cn2cnc3cccc(C(=O)O)c32)C1. The van der Waals surface area contributed by atoms with Crippen molar-refractivity contribution in [2.45, 2.75) is 32.7 Å². The molecule has 19 heavy (non-hydrogen) atoms. The highest BCUT2D eigenvalue weighted by atomic mass is 16.4. The van der Waals surface area contributed by atoms with Gasteiger partial charge in [0, 0.05) is 6.54 Å². The molecule has 1 saturated carbocycles. The van der Waals surface area contributed by atoms with Crippen LogP contribution in [-0.4, -0.2) is 20.6 Å². The van der Waals surface area contributed by atoms with E-state index in [9.17, 15) is 9.90 Å². The number of benzene rings is 1. The van der Waals surface area contributed by atoms with Gasteiger partial charge in [0.1, 0.15) is 0 Å². The molecule has 1 aliphatic rings. The number of aromatic nitrogens is 2. The molecular weight excluding hydrogens is 240 g/mol. The highest BCUT2D eigenvalue weighted by Gasteiger charge is 2.23. The maximum Gasteiger partial charge on any atom is 0.337 e. The normalized spacial score (nSPS) is 23.0. The van der Waals surface area contributed by atoms with Gasteiger partial charge in [0.2, 0.25) is 0 Å². The Morgan fingerprint density at radius 2 is 2.32 bits per heavy atom. The van der Waals surface area contributed by atoms with Crippen molar-refractivity contribution in [3.63, 3.8) is 0 Å². The third kappa shape index (κ3) is 2.23. The van der Waals surface area contributed by atoms with Crippen LogP contribution in [0.1, 0.15) is 36.5 Å². The number of rotatable bonds is 3. The van der Waals surface area contributed by atoms with Gasteiger partial charge in [-0.25, -0.2) is 9.78 Å². The summed E-state index contributed by atoms with van der Waals surface area (Å²) in [5.41, 5.74) is 1.88. The van der Waals surface area contributed by atoms with Crippen LogP contribution in [-0.2, 0) is 6.54 Å². The molecule has 0 aliphatic heterocycles. The van der Waals surface area contributed by atoms with Crippen molar-refractivity contribution >= 4 is 17.0 Å². The number of carbonyl (C=O) groups is 1. The molecule has 0 radical (unpaired) electrons. The van der Waals surface area contributed by atoms with Gasteiger partial charge in [0.15, 0.2) is 0 Å². The summed E-state index contributed by atoms with van der Waals surface area (Å²) in [6, 6.07) is 5.27. The molecule has 3 rings (SSSR count). The number of hydrogen-bond donors (Lipinski definition) is 1. The minimum Gasteiger partial charge on any atom is -0.478 e. The van der Waals surface area contributed by atoms with Crippen molar-refractivity contribution in [1.29, 1.82) is 0 Å². The van der Waals surface area contributed by atoms with Gasteiger partial charge in [-0.15, -0.1) is 0 Å². The first-order valence-electron chi connectivity index (χ1n) is 6.82. The molecule has 1 aromatic heterocycles. The van der Waals surface area contributed by atoms with Gasteiger partial charge in [0.25, 0.3) is 0 Å². The van der Waals surface area contributed by atoms with E-state index < -0.39 is 5.97 Å². The summed E-state index contributed by atoms with van der Waals surface area (Å²) in [6.45, 7) is 3.17. The zero-order valence-electron chi connectivity index (χ0n) is 11.0. The number of aromatic carboxylic acids is 1. The average molecular weight is 258 g/mol. The lowest BCUT2D eigenvalue weighted by molar-refractivity contribution is 0.0698. The quantitative estimate of drug-likeness (QED) is 0.920. The minimum absolute atomic E-state index is 0.348. The summed E-state index contributed by atoms with van der Waals surface area (Å²) < 4.78 is 2.02. The van der Waals surface area contributed by atoms with E-state index in [-0.39, 0.29) is 0 Å². The van der Waals surface area contributed by atoms with Gasteiger partial charge in [-0.05, 0) is 36.8 Å². The number of carboxylic acid groups (broad SMARTS) is 1. The molecule has 1 aliphatic carbocycles. The Kier molecular flexibility index (Phi) is 3.01. The second kappa shape index (κ2) is 4.68. The summed E-state index contributed by atoms with van der Waals surface area (Å²) in [5, 5.41) is 9.29. The molecular formula is C15H18N2O2. The third-order valence-corrected chi connectivity index (χ3v) is 4.13. The number of fused-ring (bicyclic) bond motifs is 1. The predicted molar refractivity (Wildman–Crippen MR) is 73.2 cm³/mol. The summed E-state index contributed by atoms with van der Waals surface area (Å²) in [5.74, 6) is 0.556. The van der Waals surface area contributed by atoms with Crippen molar-refractivity contribution in [3.8, 4) is 0 Å². The molecule has 4 nitrogen and oxygen atoms in total. The molecule has 2 atom stereocenters. The van der Waals surface area contributed by atoms with Crippen LogP contribution in [0.2, 0.25) is 0 Å². The predicted octanol–water partition coefficient (Wildman–Crippen LogP) is 3.17. The molecule has 0 spiro atoms. The van der Waals surface area contributed by atoms with Crippen LogP contribution in [0.4, 0.5) is 0 Å². The summed E-state index contributed by atoms with van der Waals surface area (Å²) in [4.78, 5) is 15.6. The van der Waals surface area contributed by atoms with E-state index in [0.717, 1.165) is 23.5 Å². The van der Waals surface area contributed by atoms with Crippen LogP contribution in [0, 0.1) is 11.8 Å². The molecule has 0 bridgehead atoms. The fraction of sp³-hybridized carbons (Fsp3) is 0.467. The summed E-state index contributed by atoms with van der Waals surface area (Å²) >= 11 is 0. The summed E-state index contributed by atoms with van der Waals surface area (Å²) in [7, 11) is 0. The van der Waals surface area contributed by atoms with Crippen molar-refractivity contribution < 1.29 is 9.90 Å². The first-order chi connectivity index (χ1) is 9.15. The molecule has 0 saturated heterocycles. The Bertz CT molecular complexity index is 618. The van der Waals surface area contributed by atoms with E-state index in [1.165, 1.54) is 19.3 Å². The highest BCUT2D eigenvalue weighted by molar-refractivity contribution is 6.01. The van der Waals surface area contributed by atoms with Gasteiger partial charge in [0.05, 0.1) is 22.9 Å². The van der Waals surface area contributed by atoms with Crippen LogP contribution in [0.3, 0.4) is 0 Å². The molecule has 2 aromatic rings. The van der Waals surface area contributed by atoms with Crippen LogP contribution in [0.15, 0.2) is 24.5 Å². The highest BCUT2D eigenvalue weighted by Crippen LogP contribution is 2.32. The van der Waals surface area contributed by atoms with E-state index in [4.69, 9.17) is 0 Å². The van der Waals surface area contributed by atoms with E-state index in [2.05, 4.69) is 11.9 Å². The number of nitrogens with zero attached hydrogens (tertiary/aromatic N) is 2. The molecule has 100 valence electrons. The molecule has 1 fully saturated rings. The Hall–Kier alpha value is -1.84. The van der Waals surface area contributed by atoms with Crippen LogP contribution in [0.25, 0.3) is 11.0 Å². The minimum atomic E-state index is -0.882. The van der Waals surface area contributed by atoms with Gasteiger partial charge in [-0.1, -0.05) is 19.4 Å². The van der Waals surface area contributed by atoms with Crippen molar-refractivity contribution in [2.75, 3.05) is 0 Å². The van der Waals surface area contributed by atoms with E-state index >= 15 is 0 Å². The van der Waals surface area contributed by atoms with Crippen LogP contribution < -0.4 is 0 Å². The Morgan fingerprint density at radius 3 is 3.00 bits per heavy atom. The Balaban J connectivity index is 1.97. The fourth-order valence-electron chi connectivity index (χ4n) is 3.21. The lowest BCUT2D eigenvalue weighted by Crippen LogP contribution is -2.09. The fourth-order valence-corrected chi connectivity index (χ4v) is 3.21. The van der Waals surface area contributed by atoms with Gasteiger partial charge < -0.3 is 9.67 Å². The second-order valence-corrected chi connectivity index (χ2v) is 5.66. The van der Waals surface area contributed by atoms with Crippen LogP contribution >= 0.6 is 0 Å². The van der Waals surface area contributed by atoms with E-state index in [1.807, 2.05) is 10.6 Å². The molecule has 1 heterocycles. The molecule has 2 unspecified atom stereocenters. The molecule has 1 N–H and O–H groups in total. The monoisotopic (exact) mass is 258 g/mol. The van der Waals surface area contributed by atoms with Gasteiger partial charge in [-0.2, -0.15) is 0 Å². The first kappa shape index (κ1) is 12.2. The first-order valence-corrected chi connectivity index (χ1v) is 6.82. The zero-order chi connectivity index (χ0) is 13.4. The topological polar surface area (TPSA) is 55.1 Å². The maximum absolute atomic E-state index is 11.3.